The van der Waals surface area contributed by atoms with Crippen molar-refractivity contribution in [1.29, 1.82) is 0 Å². The Morgan fingerprint density at radius 1 is 1.17 bits per heavy atom. The van der Waals surface area contributed by atoms with E-state index in [4.69, 9.17) is 5.73 Å². The fraction of sp³-hybridized carbons (Fsp3) is 0.292. The number of carboxylic acids is 1. The van der Waals surface area contributed by atoms with Gasteiger partial charge in [-0.3, -0.25) is 0 Å². The van der Waals surface area contributed by atoms with Crippen LogP contribution in [0.1, 0.15) is 30.5 Å². The van der Waals surface area contributed by atoms with Crippen molar-refractivity contribution >= 4 is 15.8 Å². The minimum atomic E-state index is -3.43. The number of hydrogen-bond acceptors (Lipinski definition) is 7. The lowest BCUT2D eigenvalue weighted by Gasteiger charge is -2.25. The van der Waals surface area contributed by atoms with Crippen LogP contribution in [-0.2, 0) is 25.0 Å². The van der Waals surface area contributed by atoms with Crippen LogP contribution in [-0.4, -0.2) is 42.0 Å². The molecule has 0 aliphatic carbocycles. The summed E-state index contributed by atoms with van der Waals surface area (Å²) in [7, 11) is -3.43. The number of benzene rings is 2. The second-order valence-electron chi connectivity index (χ2n) is 8.43. The summed E-state index contributed by atoms with van der Waals surface area (Å²) in [6, 6.07) is 13.3. The van der Waals surface area contributed by atoms with Gasteiger partial charge in [-0.15, -0.1) is 10.1 Å². The molecule has 0 aliphatic rings. The maximum absolute atomic E-state index is 13.6. The van der Waals surface area contributed by atoms with E-state index in [1.54, 1.807) is 29.7 Å². The molecule has 10 nitrogen and oxygen atoms in total. The summed E-state index contributed by atoms with van der Waals surface area (Å²) >= 11 is 0. The number of sulfone groups is 1. The van der Waals surface area contributed by atoms with Gasteiger partial charge >= 0.3 is 5.97 Å². The standard InChI is InChI=1S/C24H26FN3O7S/c1-16-21(24(26,23(29)30)13-3-4-14-35-28(31)32)15-22(27(16)19-9-7-18(25)8-10-19)17-5-11-20(12-6-17)36(2,33)34/h5-12,15H,3-4,13-14,26H2,1-2H3,(H,29,30)/t24-/m1/s1. The van der Waals surface area contributed by atoms with E-state index in [-0.39, 0.29) is 30.8 Å². The van der Waals surface area contributed by atoms with Crippen LogP contribution in [0.2, 0.25) is 0 Å². The number of hydrogen-bond donors (Lipinski definition) is 2. The van der Waals surface area contributed by atoms with Crippen LogP contribution < -0.4 is 5.73 Å². The number of unbranched alkanes of at least 4 members (excludes halogenated alkanes) is 1. The van der Waals surface area contributed by atoms with Crippen molar-refractivity contribution in [3.05, 3.63) is 81.8 Å². The maximum Gasteiger partial charge on any atom is 0.328 e. The van der Waals surface area contributed by atoms with E-state index in [9.17, 15) is 32.8 Å². The van der Waals surface area contributed by atoms with Crippen molar-refractivity contribution in [2.24, 2.45) is 5.73 Å². The van der Waals surface area contributed by atoms with E-state index < -0.39 is 32.2 Å². The van der Waals surface area contributed by atoms with Crippen molar-refractivity contribution < 1.29 is 32.6 Å². The summed E-state index contributed by atoms with van der Waals surface area (Å²) in [6.07, 6.45) is 1.54. The minimum Gasteiger partial charge on any atom is -0.480 e. The van der Waals surface area contributed by atoms with E-state index in [2.05, 4.69) is 4.84 Å². The van der Waals surface area contributed by atoms with E-state index in [1.807, 2.05) is 0 Å². The van der Waals surface area contributed by atoms with E-state index >= 15 is 0 Å². The Morgan fingerprint density at radius 2 is 1.78 bits per heavy atom. The smallest absolute Gasteiger partial charge is 0.328 e. The average molecular weight is 520 g/mol. The Bertz CT molecular complexity index is 1370. The van der Waals surface area contributed by atoms with Gasteiger partial charge in [0, 0.05) is 23.2 Å². The van der Waals surface area contributed by atoms with Crippen LogP contribution in [0.15, 0.2) is 59.5 Å². The zero-order valence-electron chi connectivity index (χ0n) is 19.7. The van der Waals surface area contributed by atoms with E-state index in [0.717, 1.165) is 6.26 Å². The lowest BCUT2D eigenvalue weighted by Crippen LogP contribution is -2.45. The van der Waals surface area contributed by atoms with Crippen LogP contribution in [0.5, 0.6) is 0 Å². The summed E-state index contributed by atoms with van der Waals surface area (Å²) in [5, 5.41) is 19.5. The monoisotopic (exact) mass is 519 g/mol. The molecule has 3 aromatic rings. The molecule has 0 unspecified atom stereocenters. The van der Waals surface area contributed by atoms with Crippen molar-refractivity contribution in [3.63, 3.8) is 0 Å². The highest BCUT2D eigenvalue weighted by Gasteiger charge is 2.39. The topological polar surface area (TPSA) is 155 Å². The van der Waals surface area contributed by atoms with Gasteiger partial charge in [0.1, 0.15) is 11.4 Å². The molecule has 0 aliphatic heterocycles. The molecule has 0 bridgehead atoms. The van der Waals surface area contributed by atoms with Crippen LogP contribution >= 0.6 is 0 Å². The highest BCUT2D eigenvalue weighted by Crippen LogP contribution is 2.36. The van der Waals surface area contributed by atoms with Gasteiger partial charge in [-0.05, 0) is 74.2 Å². The van der Waals surface area contributed by atoms with Crippen molar-refractivity contribution in [1.82, 2.24) is 4.57 Å². The molecule has 3 rings (SSSR count). The van der Waals surface area contributed by atoms with Gasteiger partial charge in [0.05, 0.1) is 17.2 Å². The molecular formula is C24H26FN3O7S. The van der Waals surface area contributed by atoms with Crippen LogP contribution in [0, 0.1) is 22.9 Å². The fourth-order valence-electron chi connectivity index (χ4n) is 4.07. The van der Waals surface area contributed by atoms with Crippen molar-refractivity contribution in [2.45, 2.75) is 36.6 Å². The predicted molar refractivity (Wildman–Crippen MR) is 129 cm³/mol. The fourth-order valence-corrected chi connectivity index (χ4v) is 4.70. The van der Waals surface area contributed by atoms with E-state index in [0.29, 0.717) is 28.2 Å². The number of aliphatic carboxylic acids is 1. The normalized spacial score (nSPS) is 13.2. The summed E-state index contributed by atoms with van der Waals surface area (Å²) < 4.78 is 39.1. The highest BCUT2D eigenvalue weighted by atomic mass is 32.2. The zero-order valence-corrected chi connectivity index (χ0v) is 20.5. The summed E-state index contributed by atoms with van der Waals surface area (Å²) in [5.74, 6) is -1.73. The predicted octanol–water partition coefficient (Wildman–Crippen LogP) is 3.61. The van der Waals surface area contributed by atoms with Gasteiger partial charge in [-0.1, -0.05) is 12.1 Å². The number of rotatable bonds is 11. The van der Waals surface area contributed by atoms with Gasteiger partial charge < -0.3 is 20.2 Å². The molecule has 1 atom stereocenters. The third-order valence-electron chi connectivity index (χ3n) is 5.93. The van der Waals surface area contributed by atoms with Gasteiger partial charge in [0.25, 0.3) is 5.09 Å². The molecule has 0 saturated heterocycles. The summed E-state index contributed by atoms with van der Waals surface area (Å²) in [4.78, 5) is 27.1. The van der Waals surface area contributed by atoms with E-state index in [1.165, 1.54) is 36.4 Å². The van der Waals surface area contributed by atoms with Crippen molar-refractivity contribution in [2.75, 3.05) is 12.9 Å². The lowest BCUT2D eigenvalue weighted by atomic mass is 9.85. The molecule has 0 radical (unpaired) electrons. The average Bonchev–Trinajstić information content (AvgIpc) is 3.16. The van der Waals surface area contributed by atoms with Crippen LogP contribution in [0.4, 0.5) is 4.39 Å². The van der Waals surface area contributed by atoms with Crippen LogP contribution in [0.3, 0.4) is 0 Å². The Labute approximate surface area is 207 Å². The number of halogens is 1. The van der Waals surface area contributed by atoms with Crippen molar-refractivity contribution in [3.8, 4) is 16.9 Å². The first-order valence-electron chi connectivity index (χ1n) is 10.9. The molecule has 3 N–H and O–H groups in total. The zero-order chi connectivity index (χ0) is 26.7. The Balaban J connectivity index is 2.11. The molecule has 0 saturated carbocycles. The lowest BCUT2D eigenvalue weighted by molar-refractivity contribution is -0.757. The molecular weight excluding hydrogens is 493 g/mol. The number of aromatic nitrogens is 1. The molecule has 36 heavy (non-hydrogen) atoms. The minimum absolute atomic E-state index is 0.0237. The largest absolute Gasteiger partial charge is 0.480 e. The molecule has 12 heteroatoms. The van der Waals surface area contributed by atoms with Crippen LogP contribution in [0.25, 0.3) is 16.9 Å². The summed E-state index contributed by atoms with van der Waals surface area (Å²) in [5.41, 5.74) is 7.06. The Hall–Kier alpha value is -3.77. The molecule has 1 aromatic heterocycles. The molecule has 192 valence electrons. The molecule has 1 heterocycles. The van der Waals surface area contributed by atoms with Gasteiger partial charge in [-0.25, -0.2) is 17.6 Å². The first-order chi connectivity index (χ1) is 16.8. The summed E-state index contributed by atoms with van der Waals surface area (Å²) in [6.45, 7) is 1.50. The highest BCUT2D eigenvalue weighted by molar-refractivity contribution is 7.90. The third kappa shape index (κ3) is 5.71. The number of carbonyl (C=O) groups is 1. The third-order valence-corrected chi connectivity index (χ3v) is 7.06. The first-order valence-corrected chi connectivity index (χ1v) is 12.8. The van der Waals surface area contributed by atoms with Gasteiger partial charge in [0.15, 0.2) is 9.84 Å². The number of carboxylic acid groups (broad SMARTS) is 1. The van der Waals surface area contributed by atoms with Gasteiger partial charge in [-0.2, -0.15) is 0 Å². The molecule has 0 amide bonds. The molecule has 2 aromatic carbocycles. The van der Waals surface area contributed by atoms with Gasteiger partial charge in [0.2, 0.25) is 0 Å². The molecule has 0 spiro atoms. The Morgan fingerprint density at radius 3 is 2.31 bits per heavy atom. The Kier molecular flexibility index (Phi) is 7.80. The number of nitrogens with zero attached hydrogens (tertiary/aromatic N) is 2. The first kappa shape index (κ1) is 26.8. The quantitative estimate of drug-likeness (QED) is 0.221. The SMILES string of the molecule is Cc1c([C@](N)(CCCCO[N+](=O)[O-])C(=O)O)cc(-c2ccc(S(C)(=O)=O)cc2)n1-c1ccc(F)cc1. The maximum atomic E-state index is 13.6. The second kappa shape index (κ2) is 10.5. The molecule has 0 fully saturated rings. The second-order valence-corrected chi connectivity index (χ2v) is 10.4. The number of nitrogens with two attached hydrogens (primary N) is 1.